The normalized spacial score (nSPS) is 22.5. The number of carbonyl (C=O) groups is 2. The Morgan fingerprint density at radius 1 is 1.63 bits per heavy atom. The van der Waals surface area contributed by atoms with Crippen molar-refractivity contribution >= 4 is 17.7 Å². The molecule has 3 N–H and O–H groups in total. The van der Waals surface area contributed by atoms with Crippen LogP contribution in [0.1, 0.15) is 26.2 Å². The van der Waals surface area contributed by atoms with Gasteiger partial charge in [-0.1, -0.05) is 13.3 Å². The maximum atomic E-state index is 12.0. The average Bonchev–Trinajstić information content (AvgIpc) is 2.99. The molecule has 1 aliphatic heterocycles. The van der Waals surface area contributed by atoms with Crippen molar-refractivity contribution < 1.29 is 14.7 Å². The highest BCUT2D eigenvalue weighted by Crippen LogP contribution is 2.35. The van der Waals surface area contributed by atoms with Crippen molar-refractivity contribution in [3.8, 4) is 0 Å². The molecule has 0 saturated carbocycles. The monoisotopic (exact) mass is 266 g/mol. The minimum absolute atomic E-state index is 0.264. The number of aliphatic carboxylic acids is 1. The van der Waals surface area contributed by atoms with Gasteiger partial charge in [-0.25, -0.2) is 4.79 Å². The fraction of sp³-hybridized carbons (Fsp3) is 0.583. The molecule has 1 saturated heterocycles. The smallest absolute Gasteiger partial charge is 0.321 e. The van der Waals surface area contributed by atoms with Gasteiger partial charge in [0.15, 0.2) is 0 Å². The highest BCUT2D eigenvalue weighted by molar-refractivity contribution is 5.90. The summed E-state index contributed by atoms with van der Waals surface area (Å²) < 4.78 is 0. The number of rotatable bonds is 4. The number of amides is 2. The fourth-order valence-corrected chi connectivity index (χ4v) is 2.53. The number of aromatic amines is 1. The van der Waals surface area contributed by atoms with Crippen LogP contribution in [0.3, 0.4) is 0 Å². The maximum absolute atomic E-state index is 12.0. The quantitative estimate of drug-likeness (QED) is 0.769. The Kier molecular flexibility index (Phi) is 3.73. The van der Waals surface area contributed by atoms with E-state index in [0.717, 1.165) is 6.42 Å². The predicted molar refractivity (Wildman–Crippen MR) is 68.8 cm³/mol. The number of hydrogen-bond acceptors (Lipinski definition) is 3. The van der Waals surface area contributed by atoms with E-state index in [1.807, 2.05) is 6.92 Å². The Hall–Kier alpha value is -2.05. The molecule has 1 aromatic heterocycles. The molecular formula is C12H18N4O3. The van der Waals surface area contributed by atoms with E-state index in [-0.39, 0.29) is 12.6 Å². The molecule has 7 nitrogen and oxygen atoms in total. The van der Waals surface area contributed by atoms with Gasteiger partial charge in [-0.3, -0.25) is 9.89 Å². The van der Waals surface area contributed by atoms with Crippen molar-refractivity contribution in [3.05, 3.63) is 12.4 Å². The Morgan fingerprint density at radius 2 is 2.42 bits per heavy atom. The number of likely N-dealkylation sites (tertiary alicyclic amines) is 1. The van der Waals surface area contributed by atoms with Crippen LogP contribution in [0.25, 0.3) is 0 Å². The summed E-state index contributed by atoms with van der Waals surface area (Å²) in [6.45, 7) is 2.69. The van der Waals surface area contributed by atoms with Crippen LogP contribution in [0, 0.1) is 5.41 Å². The first-order valence-electron chi connectivity index (χ1n) is 6.35. The first-order chi connectivity index (χ1) is 9.07. The first kappa shape index (κ1) is 13.4. The summed E-state index contributed by atoms with van der Waals surface area (Å²) >= 11 is 0. The fourth-order valence-electron chi connectivity index (χ4n) is 2.53. The van der Waals surface area contributed by atoms with E-state index in [2.05, 4.69) is 15.5 Å². The molecule has 2 rings (SSSR count). The van der Waals surface area contributed by atoms with Crippen LogP contribution >= 0.6 is 0 Å². The van der Waals surface area contributed by atoms with Crippen molar-refractivity contribution in [2.45, 2.75) is 26.2 Å². The molecule has 0 radical (unpaired) electrons. The predicted octanol–water partition coefficient (Wildman–Crippen LogP) is 1.52. The SMILES string of the molecule is CCCC1(C(=O)O)CCN(C(=O)Nc2cn[nH]c2)C1. The third-order valence-corrected chi connectivity index (χ3v) is 3.57. The zero-order chi connectivity index (χ0) is 13.9. The Balaban J connectivity index is 2.00. The minimum Gasteiger partial charge on any atom is -0.481 e. The third kappa shape index (κ3) is 2.69. The lowest BCUT2D eigenvalue weighted by molar-refractivity contribution is -0.148. The van der Waals surface area contributed by atoms with E-state index in [9.17, 15) is 14.7 Å². The van der Waals surface area contributed by atoms with Crippen LogP contribution in [0.5, 0.6) is 0 Å². The molecule has 1 unspecified atom stereocenters. The molecule has 0 spiro atoms. The van der Waals surface area contributed by atoms with E-state index < -0.39 is 11.4 Å². The molecule has 2 amide bonds. The molecule has 104 valence electrons. The van der Waals surface area contributed by atoms with Gasteiger partial charge < -0.3 is 15.3 Å². The van der Waals surface area contributed by atoms with Crippen LogP contribution < -0.4 is 5.32 Å². The van der Waals surface area contributed by atoms with Crippen LogP contribution in [-0.2, 0) is 4.79 Å². The molecule has 1 atom stereocenters. The van der Waals surface area contributed by atoms with Crippen molar-refractivity contribution in [2.75, 3.05) is 18.4 Å². The molecule has 0 bridgehead atoms. The zero-order valence-electron chi connectivity index (χ0n) is 10.8. The number of nitrogens with zero attached hydrogens (tertiary/aromatic N) is 2. The maximum Gasteiger partial charge on any atom is 0.321 e. The van der Waals surface area contributed by atoms with Crippen LogP contribution in [0.4, 0.5) is 10.5 Å². The van der Waals surface area contributed by atoms with Crippen LogP contribution in [0.15, 0.2) is 12.4 Å². The molecule has 2 heterocycles. The third-order valence-electron chi connectivity index (χ3n) is 3.57. The largest absolute Gasteiger partial charge is 0.481 e. The highest BCUT2D eigenvalue weighted by atomic mass is 16.4. The molecular weight excluding hydrogens is 248 g/mol. The Bertz CT molecular complexity index is 460. The lowest BCUT2D eigenvalue weighted by Crippen LogP contribution is -2.38. The van der Waals surface area contributed by atoms with Crippen LogP contribution in [-0.4, -0.2) is 45.3 Å². The summed E-state index contributed by atoms with van der Waals surface area (Å²) in [5.41, 5.74) is -0.212. The van der Waals surface area contributed by atoms with Gasteiger partial charge in [0.25, 0.3) is 0 Å². The zero-order valence-corrected chi connectivity index (χ0v) is 10.8. The molecule has 1 fully saturated rings. The summed E-state index contributed by atoms with van der Waals surface area (Å²) in [4.78, 5) is 25.0. The van der Waals surface area contributed by atoms with Gasteiger partial charge in [-0.05, 0) is 12.8 Å². The molecule has 1 aromatic rings. The van der Waals surface area contributed by atoms with Gasteiger partial charge in [0.2, 0.25) is 0 Å². The van der Waals surface area contributed by atoms with Gasteiger partial charge in [-0.15, -0.1) is 0 Å². The highest BCUT2D eigenvalue weighted by Gasteiger charge is 2.45. The Morgan fingerprint density at radius 3 is 3.00 bits per heavy atom. The van der Waals surface area contributed by atoms with Crippen LogP contribution in [0.2, 0.25) is 0 Å². The van der Waals surface area contributed by atoms with Crippen molar-refractivity contribution in [1.82, 2.24) is 15.1 Å². The summed E-state index contributed by atoms with van der Waals surface area (Å²) in [5.74, 6) is -0.812. The number of H-pyrrole nitrogens is 1. The van der Waals surface area contributed by atoms with Gasteiger partial charge in [0.1, 0.15) is 0 Å². The summed E-state index contributed by atoms with van der Waals surface area (Å²) in [7, 11) is 0. The standard InChI is InChI=1S/C12H18N4O3/c1-2-3-12(10(17)18)4-5-16(8-12)11(19)15-9-6-13-14-7-9/h6-7H,2-5,8H2,1H3,(H,13,14)(H,15,19)(H,17,18). The molecule has 1 aliphatic rings. The summed E-state index contributed by atoms with van der Waals surface area (Å²) in [5, 5.41) is 18.4. The second kappa shape index (κ2) is 5.29. The van der Waals surface area contributed by atoms with Gasteiger partial charge >= 0.3 is 12.0 Å². The van der Waals surface area contributed by atoms with Gasteiger partial charge in [0.05, 0.1) is 17.3 Å². The van der Waals surface area contributed by atoms with Gasteiger partial charge in [-0.2, -0.15) is 5.10 Å². The van der Waals surface area contributed by atoms with Gasteiger partial charge in [0, 0.05) is 19.3 Å². The van der Waals surface area contributed by atoms with E-state index in [1.165, 1.54) is 6.20 Å². The van der Waals surface area contributed by atoms with E-state index >= 15 is 0 Å². The molecule has 19 heavy (non-hydrogen) atoms. The number of aromatic nitrogens is 2. The number of carbonyl (C=O) groups excluding carboxylic acids is 1. The number of nitrogens with one attached hydrogen (secondary N) is 2. The molecule has 0 aliphatic carbocycles. The minimum atomic E-state index is -0.812. The number of urea groups is 1. The topological polar surface area (TPSA) is 98.3 Å². The van der Waals surface area contributed by atoms with Crippen molar-refractivity contribution in [3.63, 3.8) is 0 Å². The van der Waals surface area contributed by atoms with E-state index in [1.54, 1.807) is 11.1 Å². The number of carboxylic acid groups (broad SMARTS) is 1. The van der Waals surface area contributed by atoms with Crippen molar-refractivity contribution in [2.24, 2.45) is 5.41 Å². The molecule has 0 aromatic carbocycles. The van der Waals surface area contributed by atoms with E-state index in [0.29, 0.717) is 25.1 Å². The van der Waals surface area contributed by atoms with Crippen molar-refractivity contribution in [1.29, 1.82) is 0 Å². The first-order valence-corrected chi connectivity index (χ1v) is 6.35. The number of anilines is 1. The lowest BCUT2D eigenvalue weighted by Gasteiger charge is -2.24. The summed E-state index contributed by atoms with van der Waals surface area (Å²) in [6, 6.07) is -0.277. The number of hydrogen-bond donors (Lipinski definition) is 3. The van der Waals surface area contributed by atoms with E-state index in [4.69, 9.17) is 0 Å². The second-order valence-electron chi connectivity index (χ2n) is 4.92. The average molecular weight is 266 g/mol. The second-order valence-corrected chi connectivity index (χ2v) is 4.92. The summed E-state index contributed by atoms with van der Waals surface area (Å²) in [6.07, 6.45) is 4.98. The number of carboxylic acids is 1. The lowest BCUT2D eigenvalue weighted by atomic mass is 9.83. The Labute approximate surface area is 111 Å². The molecule has 7 heteroatoms.